The Kier molecular flexibility index (Phi) is 5.69. The number of hydrogen-bond acceptors (Lipinski definition) is 6. The number of carbonyl (C=O) groups is 4. The molecular formula is C22H12BrFN2O6. The van der Waals surface area contributed by atoms with Gasteiger partial charge >= 0.3 is 12.0 Å². The minimum atomic E-state index is -1.08. The topological polar surface area (TPSA) is 106 Å². The number of nitrogens with one attached hydrogen (secondary N) is 1. The molecule has 0 aliphatic carbocycles. The number of imide groups is 2. The summed E-state index contributed by atoms with van der Waals surface area (Å²) in [4.78, 5) is 50.4. The van der Waals surface area contributed by atoms with E-state index in [0.717, 1.165) is 12.1 Å². The number of urea groups is 1. The molecule has 2 heterocycles. The van der Waals surface area contributed by atoms with Gasteiger partial charge in [0.05, 0.1) is 12.0 Å². The number of nitrogens with zero attached hydrogens (tertiary/aromatic N) is 1. The zero-order valence-electron chi connectivity index (χ0n) is 16.0. The van der Waals surface area contributed by atoms with E-state index in [2.05, 4.69) is 15.9 Å². The third-order valence-electron chi connectivity index (χ3n) is 4.39. The molecule has 10 heteroatoms. The predicted octanol–water partition coefficient (Wildman–Crippen LogP) is 4.07. The molecule has 1 saturated heterocycles. The summed E-state index contributed by atoms with van der Waals surface area (Å²) in [5.41, 5.74) is -0.589. The fourth-order valence-electron chi connectivity index (χ4n) is 2.93. The van der Waals surface area contributed by atoms with E-state index in [1.807, 2.05) is 5.32 Å². The van der Waals surface area contributed by atoms with Gasteiger partial charge in [0.2, 0.25) is 5.76 Å². The molecule has 4 amide bonds. The van der Waals surface area contributed by atoms with Crippen LogP contribution in [-0.2, 0) is 9.59 Å². The van der Waals surface area contributed by atoms with E-state index in [1.165, 1.54) is 48.7 Å². The first kappa shape index (κ1) is 21.2. The maximum Gasteiger partial charge on any atom is 0.379 e. The number of halogens is 2. The van der Waals surface area contributed by atoms with Crippen LogP contribution in [0.5, 0.6) is 5.75 Å². The average Bonchev–Trinajstić information content (AvgIpc) is 3.29. The molecule has 32 heavy (non-hydrogen) atoms. The zero-order valence-corrected chi connectivity index (χ0v) is 17.6. The molecule has 1 aliphatic rings. The van der Waals surface area contributed by atoms with Gasteiger partial charge in [0.1, 0.15) is 17.1 Å². The monoisotopic (exact) mass is 498 g/mol. The maximum atomic E-state index is 14.2. The van der Waals surface area contributed by atoms with E-state index in [1.54, 1.807) is 6.07 Å². The smallest absolute Gasteiger partial charge is 0.379 e. The Hall–Kier alpha value is -4.05. The number of ether oxygens (including phenoxy) is 1. The number of para-hydroxylation sites is 1. The standard InChI is InChI=1S/C22H12BrFN2O6/c23-13-7-8-17(32-21(29)18-6-3-9-31-18)12(10-13)11-14-19(27)25-22(30)26(20(14)28)16-5-2-1-4-15(16)24/h1-11H,(H,25,27,30)/b14-11-. The van der Waals surface area contributed by atoms with Crippen molar-refractivity contribution in [3.63, 3.8) is 0 Å². The second-order valence-corrected chi connectivity index (χ2v) is 7.37. The molecule has 0 atom stereocenters. The normalized spacial score (nSPS) is 15.1. The van der Waals surface area contributed by atoms with Gasteiger partial charge in [-0.15, -0.1) is 0 Å². The van der Waals surface area contributed by atoms with E-state index in [9.17, 15) is 23.6 Å². The highest BCUT2D eigenvalue weighted by Gasteiger charge is 2.38. The van der Waals surface area contributed by atoms with E-state index in [4.69, 9.17) is 9.15 Å². The van der Waals surface area contributed by atoms with E-state index in [-0.39, 0.29) is 22.8 Å². The van der Waals surface area contributed by atoms with E-state index < -0.39 is 35.2 Å². The molecule has 3 aromatic rings. The van der Waals surface area contributed by atoms with Crippen molar-refractivity contribution in [2.45, 2.75) is 0 Å². The maximum absolute atomic E-state index is 14.2. The second kappa shape index (κ2) is 8.60. The lowest BCUT2D eigenvalue weighted by molar-refractivity contribution is -0.122. The molecule has 160 valence electrons. The lowest BCUT2D eigenvalue weighted by Gasteiger charge is -2.26. The molecule has 0 radical (unpaired) electrons. The number of carbonyl (C=O) groups excluding carboxylic acids is 4. The lowest BCUT2D eigenvalue weighted by Crippen LogP contribution is -2.54. The van der Waals surface area contributed by atoms with Crippen molar-refractivity contribution >= 4 is 51.5 Å². The number of furan rings is 1. The Balaban J connectivity index is 1.74. The van der Waals surface area contributed by atoms with Gasteiger partial charge in [0.15, 0.2) is 0 Å². The van der Waals surface area contributed by atoms with E-state index in [0.29, 0.717) is 9.37 Å². The van der Waals surface area contributed by atoms with E-state index >= 15 is 0 Å². The lowest BCUT2D eigenvalue weighted by atomic mass is 10.1. The number of esters is 1. The summed E-state index contributed by atoms with van der Waals surface area (Å²) >= 11 is 3.28. The number of rotatable bonds is 4. The zero-order chi connectivity index (χ0) is 22.8. The van der Waals surface area contributed by atoms with Gasteiger partial charge in [-0.05, 0) is 48.5 Å². The fraction of sp³-hybridized carbons (Fsp3) is 0. The molecule has 0 bridgehead atoms. The molecule has 4 rings (SSSR count). The Bertz CT molecular complexity index is 1290. The number of barbiturate groups is 1. The molecule has 1 aromatic heterocycles. The van der Waals surface area contributed by atoms with Crippen molar-refractivity contribution in [2.75, 3.05) is 4.90 Å². The molecule has 0 saturated carbocycles. The highest BCUT2D eigenvalue weighted by atomic mass is 79.9. The average molecular weight is 499 g/mol. The Morgan fingerprint density at radius 2 is 1.88 bits per heavy atom. The molecule has 2 aromatic carbocycles. The largest absolute Gasteiger partial charge is 0.457 e. The fourth-order valence-corrected chi connectivity index (χ4v) is 3.31. The molecule has 1 aliphatic heterocycles. The Morgan fingerprint density at radius 3 is 2.59 bits per heavy atom. The highest BCUT2D eigenvalue weighted by molar-refractivity contribution is 9.10. The van der Waals surface area contributed by atoms with Crippen molar-refractivity contribution in [3.8, 4) is 5.75 Å². The summed E-state index contributed by atoms with van der Waals surface area (Å²) < 4.78 is 25.1. The molecule has 1 fully saturated rings. The SMILES string of the molecule is O=C1NC(=O)N(c2ccccc2F)C(=O)/C1=C\c1cc(Br)ccc1OC(=O)c1ccco1. The predicted molar refractivity (Wildman–Crippen MR) is 113 cm³/mol. The van der Waals surface area contributed by atoms with Crippen molar-refractivity contribution in [1.82, 2.24) is 5.32 Å². The minimum absolute atomic E-state index is 0.0250. The number of hydrogen-bond donors (Lipinski definition) is 1. The van der Waals surface area contributed by atoms with Gasteiger partial charge in [-0.1, -0.05) is 28.1 Å². The minimum Gasteiger partial charge on any atom is -0.457 e. The van der Waals surface area contributed by atoms with Crippen molar-refractivity contribution in [2.24, 2.45) is 0 Å². The molecule has 8 nitrogen and oxygen atoms in total. The van der Waals surface area contributed by atoms with Gasteiger partial charge in [-0.2, -0.15) is 0 Å². The van der Waals surface area contributed by atoms with Crippen LogP contribution in [0, 0.1) is 5.82 Å². The Labute approximate surface area is 188 Å². The summed E-state index contributed by atoms with van der Waals surface area (Å²) in [5, 5.41) is 2.01. The van der Waals surface area contributed by atoms with Gasteiger partial charge in [0, 0.05) is 10.0 Å². The van der Waals surface area contributed by atoms with Crippen molar-refractivity contribution in [1.29, 1.82) is 0 Å². The molecule has 0 spiro atoms. The first-order valence-electron chi connectivity index (χ1n) is 9.06. The van der Waals surface area contributed by atoms with Crippen molar-refractivity contribution in [3.05, 3.63) is 88.0 Å². The van der Waals surface area contributed by atoms with Gasteiger partial charge in [-0.3, -0.25) is 14.9 Å². The first-order chi connectivity index (χ1) is 15.3. The van der Waals surface area contributed by atoms with Crippen LogP contribution in [0.4, 0.5) is 14.9 Å². The van der Waals surface area contributed by atoms with Crippen LogP contribution >= 0.6 is 15.9 Å². The summed E-state index contributed by atoms with van der Waals surface area (Å²) in [5.74, 6) is -3.64. The number of amides is 4. The van der Waals surface area contributed by atoms with Gasteiger partial charge < -0.3 is 9.15 Å². The highest BCUT2D eigenvalue weighted by Crippen LogP contribution is 2.29. The van der Waals surface area contributed by atoms with Crippen LogP contribution in [0.3, 0.4) is 0 Å². The second-order valence-electron chi connectivity index (χ2n) is 6.46. The van der Waals surface area contributed by atoms with Crippen LogP contribution in [0.25, 0.3) is 6.08 Å². The molecule has 0 unspecified atom stereocenters. The van der Waals surface area contributed by atoms with Crippen molar-refractivity contribution < 1.29 is 32.7 Å². The van der Waals surface area contributed by atoms with Crippen LogP contribution < -0.4 is 15.0 Å². The summed E-state index contributed by atoms with van der Waals surface area (Å²) in [6.45, 7) is 0. The Morgan fingerprint density at radius 1 is 1.09 bits per heavy atom. The summed E-state index contributed by atoms with van der Waals surface area (Å²) in [6.07, 6.45) is 2.45. The first-order valence-corrected chi connectivity index (χ1v) is 9.85. The quantitative estimate of drug-likeness (QED) is 0.251. The van der Waals surface area contributed by atoms with Crippen LogP contribution in [-0.4, -0.2) is 23.8 Å². The summed E-state index contributed by atoms with van der Waals surface area (Å²) in [7, 11) is 0. The number of anilines is 1. The third kappa shape index (κ3) is 4.08. The van der Waals surface area contributed by atoms with Crippen LogP contribution in [0.2, 0.25) is 0 Å². The summed E-state index contributed by atoms with van der Waals surface area (Å²) in [6, 6.07) is 11.5. The van der Waals surface area contributed by atoms with Gasteiger partial charge in [0.25, 0.3) is 11.8 Å². The van der Waals surface area contributed by atoms with Crippen LogP contribution in [0.15, 0.2) is 75.3 Å². The third-order valence-corrected chi connectivity index (χ3v) is 4.88. The number of benzene rings is 2. The van der Waals surface area contributed by atoms with Crippen LogP contribution in [0.1, 0.15) is 16.1 Å². The van der Waals surface area contributed by atoms with Gasteiger partial charge in [-0.25, -0.2) is 18.9 Å². The molecule has 1 N–H and O–H groups in total. The molecular weight excluding hydrogens is 487 g/mol.